The standard InChI is InChI=1S/C13H19ClN2O5S2/c1-21-13-4-3-11(9-12(13)14)23(19,20)15-10-5-7-16(8-6-10)22(2,17)18/h3-4,9-10,15H,5-8H2,1-2H3. The maximum atomic E-state index is 12.4. The number of hydrogen-bond donors (Lipinski definition) is 1. The van der Waals surface area contributed by atoms with E-state index in [9.17, 15) is 16.8 Å². The van der Waals surface area contributed by atoms with E-state index in [2.05, 4.69) is 4.72 Å². The monoisotopic (exact) mass is 382 g/mol. The van der Waals surface area contributed by atoms with Crippen molar-refractivity contribution in [2.75, 3.05) is 26.5 Å². The van der Waals surface area contributed by atoms with Gasteiger partial charge in [0.05, 0.1) is 23.3 Å². The van der Waals surface area contributed by atoms with Crippen molar-refractivity contribution in [3.8, 4) is 5.75 Å². The fraction of sp³-hybridized carbons (Fsp3) is 0.538. The molecule has 1 aliphatic rings. The van der Waals surface area contributed by atoms with Crippen LogP contribution < -0.4 is 9.46 Å². The number of piperidine rings is 1. The van der Waals surface area contributed by atoms with Crippen LogP contribution in [0.1, 0.15) is 12.8 Å². The third-order valence-electron chi connectivity index (χ3n) is 3.68. The van der Waals surface area contributed by atoms with E-state index in [1.807, 2.05) is 0 Å². The summed E-state index contributed by atoms with van der Waals surface area (Å²) in [4.78, 5) is 0.0499. The van der Waals surface area contributed by atoms with Crippen molar-refractivity contribution in [3.05, 3.63) is 23.2 Å². The molecule has 2 rings (SSSR count). The molecule has 1 N–H and O–H groups in total. The molecule has 7 nitrogen and oxygen atoms in total. The lowest BCUT2D eigenvalue weighted by Gasteiger charge is -2.30. The lowest BCUT2D eigenvalue weighted by Crippen LogP contribution is -2.46. The molecule has 1 aromatic rings. The molecule has 1 fully saturated rings. The summed E-state index contributed by atoms with van der Waals surface area (Å²) in [7, 11) is -5.50. The average Bonchev–Trinajstić information content (AvgIpc) is 2.46. The van der Waals surface area contributed by atoms with Crippen molar-refractivity contribution in [1.29, 1.82) is 0 Å². The smallest absolute Gasteiger partial charge is 0.240 e. The summed E-state index contributed by atoms with van der Waals surface area (Å²) in [5, 5.41) is 0.210. The fourth-order valence-corrected chi connectivity index (χ4v) is 4.93. The first kappa shape index (κ1) is 18.5. The molecule has 1 aliphatic heterocycles. The number of benzene rings is 1. The van der Waals surface area contributed by atoms with E-state index >= 15 is 0 Å². The molecule has 1 saturated heterocycles. The van der Waals surface area contributed by atoms with Gasteiger partial charge in [-0.05, 0) is 31.0 Å². The average molecular weight is 383 g/mol. The van der Waals surface area contributed by atoms with Crippen LogP contribution in [0, 0.1) is 0 Å². The lowest BCUT2D eigenvalue weighted by molar-refractivity contribution is 0.310. The van der Waals surface area contributed by atoms with Crippen LogP contribution >= 0.6 is 11.6 Å². The molecule has 23 heavy (non-hydrogen) atoms. The molecule has 130 valence electrons. The van der Waals surface area contributed by atoms with Crippen LogP contribution in [0.25, 0.3) is 0 Å². The van der Waals surface area contributed by atoms with E-state index in [1.54, 1.807) is 0 Å². The van der Waals surface area contributed by atoms with Crippen molar-refractivity contribution >= 4 is 31.6 Å². The molecule has 1 heterocycles. The minimum atomic E-state index is -3.72. The van der Waals surface area contributed by atoms with E-state index in [-0.39, 0.29) is 16.0 Å². The van der Waals surface area contributed by atoms with E-state index in [0.29, 0.717) is 31.7 Å². The van der Waals surface area contributed by atoms with Gasteiger partial charge in [-0.15, -0.1) is 0 Å². The molecule has 0 atom stereocenters. The van der Waals surface area contributed by atoms with E-state index in [0.717, 1.165) is 6.26 Å². The maximum absolute atomic E-state index is 12.4. The van der Waals surface area contributed by atoms with Gasteiger partial charge in [0.15, 0.2) is 0 Å². The first-order valence-corrected chi connectivity index (χ1v) is 10.7. The summed E-state index contributed by atoms with van der Waals surface area (Å²) in [6.07, 6.45) is 2.00. The minimum Gasteiger partial charge on any atom is -0.495 e. The molecule has 0 saturated carbocycles. The molecule has 0 amide bonds. The zero-order chi connectivity index (χ0) is 17.3. The topological polar surface area (TPSA) is 92.8 Å². The van der Waals surface area contributed by atoms with Gasteiger partial charge in [-0.2, -0.15) is 0 Å². The first-order chi connectivity index (χ1) is 10.6. The van der Waals surface area contributed by atoms with Crippen LogP contribution in [0.5, 0.6) is 5.75 Å². The molecule has 1 aromatic carbocycles. The number of halogens is 1. The van der Waals surface area contributed by atoms with Crippen molar-refractivity contribution in [2.24, 2.45) is 0 Å². The van der Waals surface area contributed by atoms with Crippen LogP contribution in [0.4, 0.5) is 0 Å². The Morgan fingerprint density at radius 1 is 1.22 bits per heavy atom. The fourth-order valence-electron chi connectivity index (χ4n) is 2.41. The molecule has 0 bridgehead atoms. The van der Waals surface area contributed by atoms with Gasteiger partial charge in [-0.3, -0.25) is 0 Å². The van der Waals surface area contributed by atoms with Gasteiger partial charge in [0, 0.05) is 19.1 Å². The Balaban J connectivity index is 2.07. The Labute approximate surface area is 141 Å². The normalized spacial score (nSPS) is 18.0. The highest BCUT2D eigenvalue weighted by atomic mass is 35.5. The van der Waals surface area contributed by atoms with Crippen LogP contribution in [-0.2, 0) is 20.0 Å². The molecule has 0 aliphatic carbocycles. The van der Waals surface area contributed by atoms with E-state index in [1.165, 1.54) is 29.6 Å². The Hall–Kier alpha value is -0.870. The van der Waals surface area contributed by atoms with Crippen LogP contribution in [0.15, 0.2) is 23.1 Å². The third kappa shape index (κ3) is 4.57. The van der Waals surface area contributed by atoms with Gasteiger partial charge in [0.2, 0.25) is 20.0 Å². The van der Waals surface area contributed by atoms with Gasteiger partial charge >= 0.3 is 0 Å². The molecule has 10 heteroatoms. The first-order valence-electron chi connectivity index (χ1n) is 6.94. The predicted molar refractivity (Wildman–Crippen MR) is 87.8 cm³/mol. The predicted octanol–water partition coefficient (Wildman–Crippen LogP) is 1.05. The number of hydrogen-bond acceptors (Lipinski definition) is 5. The molecular weight excluding hydrogens is 364 g/mol. The van der Waals surface area contributed by atoms with Crippen molar-refractivity contribution < 1.29 is 21.6 Å². The minimum absolute atomic E-state index is 0.0499. The summed E-state index contributed by atoms with van der Waals surface area (Å²) >= 11 is 5.96. The highest BCUT2D eigenvalue weighted by Gasteiger charge is 2.28. The third-order valence-corrected chi connectivity index (χ3v) is 6.80. The molecule has 0 radical (unpaired) electrons. The highest BCUT2D eigenvalue weighted by molar-refractivity contribution is 7.89. The lowest BCUT2D eigenvalue weighted by atomic mass is 10.1. The number of sulfonamides is 2. The number of ether oxygens (including phenoxy) is 1. The number of nitrogens with one attached hydrogen (secondary N) is 1. The van der Waals surface area contributed by atoms with Gasteiger partial charge in [-0.25, -0.2) is 25.9 Å². The summed E-state index contributed by atoms with van der Waals surface area (Å²) in [6, 6.07) is 3.93. The van der Waals surface area contributed by atoms with Gasteiger partial charge in [0.25, 0.3) is 0 Å². The second-order valence-corrected chi connectivity index (χ2v) is 9.46. The van der Waals surface area contributed by atoms with Crippen molar-refractivity contribution in [1.82, 2.24) is 9.03 Å². The number of methoxy groups -OCH3 is 1. The Kier molecular flexibility index (Phi) is 5.57. The van der Waals surface area contributed by atoms with Crippen LogP contribution in [0.2, 0.25) is 5.02 Å². The van der Waals surface area contributed by atoms with Crippen molar-refractivity contribution in [2.45, 2.75) is 23.8 Å². The molecule has 0 aromatic heterocycles. The highest BCUT2D eigenvalue weighted by Crippen LogP contribution is 2.27. The molecule has 0 unspecified atom stereocenters. The van der Waals surface area contributed by atoms with Crippen LogP contribution in [0.3, 0.4) is 0 Å². The second kappa shape index (κ2) is 6.94. The largest absolute Gasteiger partial charge is 0.495 e. The van der Waals surface area contributed by atoms with Gasteiger partial charge in [-0.1, -0.05) is 11.6 Å². The van der Waals surface area contributed by atoms with E-state index in [4.69, 9.17) is 16.3 Å². The Bertz CT molecular complexity index is 772. The Morgan fingerprint density at radius 3 is 2.30 bits per heavy atom. The zero-order valence-electron chi connectivity index (χ0n) is 12.8. The van der Waals surface area contributed by atoms with Crippen LogP contribution in [-0.4, -0.2) is 53.6 Å². The Morgan fingerprint density at radius 2 is 1.83 bits per heavy atom. The summed E-state index contributed by atoms with van der Waals surface area (Å²) < 4.78 is 56.6. The van der Waals surface area contributed by atoms with E-state index < -0.39 is 20.0 Å². The number of rotatable bonds is 5. The summed E-state index contributed by atoms with van der Waals surface area (Å²) in [6.45, 7) is 0.602. The molecule has 0 spiro atoms. The van der Waals surface area contributed by atoms with Gasteiger partial charge in [0.1, 0.15) is 5.75 Å². The summed E-state index contributed by atoms with van der Waals surface area (Å²) in [5.41, 5.74) is 0. The van der Waals surface area contributed by atoms with Gasteiger partial charge < -0.3 is 4.74 Å². The van der Waals surface area contributed by atoms with Crippen molar-refractivity contribution in [3.63, 3.8) is 0 Å². The summed E-state index contributed by atoms with van der Waals surface area (Å²) in [5.74, 6) is 0.395. The zero-order valence-corrected chi connectivity index (χ0v) is 15.2. The SMILES string of the molecule is COc1ccc(S(=O)(=O)NC2CCN(S(C)(=O)=O)CC2)cc1Cl. The number of nitrogens with zero attached hydrogens (tertiary/aromatic N) is 1. The maximum Gasteiger partial charge on any atom is 0.240 e. The molecular formula is C13H19ClN2O5S2. The second-order valence-electron chi connectivity index (χ2n) is 5.35. The quantitative estimate of drug-likeness (QED) is 0.821.